The van der Waals surface area contributed by atoms with Crippen molar-refractivity contribution in [3.8, 4) is 0 Å². The zero-order valence-electron chi connectivity index (χ0n) is 14.9. The van der Waals surface area contributed by atoms with Crippen molar-refractivity contribution in [1.29, 1.82) is 0 Å². The van der Waals surface area contributed by atoms with E-state index in [4.69, 9.17) is 4.74 Å². The van der Waals surface area contributed by atoms with Crippen LogP contribution >= 0.6 is 0 Å². The first kappa shape index (κ1) is 17.4. The Morgan fingerprint density at radius 1 is 1.19 bits per heavy atom. The van der Waals surface area contributed by atoms with E-state index in [2.05, 4.69) is 21.4 Å². The van der Waals surface area contributed by atoms with Crippen LogP contribution in [0.25, 0.3) is 11.0 Å². The van der Waals surface area contributed by atoms with E-state index < -0.39 is 0 Å². The molecular weight excluding hydrogens is 342 g/mol. The van der Waals surface area contributed by atoms with Crippen molar-refractivity contribution in [2.75, 3.05) is 13.2 Å². The van der Waals surface area contributed by atoms with Crippen LogP contribution in [0.1, 0.15) is 29.3 Å². The maximum atomic E-state index is 12.2. The van der Waals surface area contributed by atoms with Gasteiger partial charge in [-0.05, 0) is 29.7 Å². The van der Waals surface area contributed by atoms with Crippen molar-refractivity contribution in [1.82, 2.24) is 15.3 Å². The fourth-order valence-electron chi connectivity index (χ4n) is 3.41. The quantitative estimate of drug-likeness (QED) is 0.728. The number of nitrogens with one attached hydrogen (secondary N) is 2. The van der Waals surface area contributed by atoms with Crippen molar-refractivity contribution < 1.29 is 9.53 Å². The number of para-hydroxylation sites is 2. The lowest BCUT2D eigenvalue weighted by atomic mass is 9.97. The molecule has 1 amide bonds. The summed E-state index contributed by atoms with van der Waals surface area (Å²) in [5.74, 6) is -0.115. The molecule has 2 N–H and O–H groups in total. The Morgan fingerprint density at radius 2 is 2.00 bits per heavy atom. The zero-order chi connectivity index (χ0) is 18.6. The van der Waals surface area contributed by atoms with Crippen molar-refractivity contribution in [2.45, 2.75) is 25.4 Å². The van der Waals surface area contributed by atoms with E-state index in [0.717, 1.165) is 17.5 Å². The lowest BCUT2D eigenvalue weighted by Crippen LogP contribution is -2.32. The molecule has 6 nitrogen and oxygen atoms in total. The number of fused-ring (bicyclic) bond motifs is 2. The fraction of sp³-hybridized carbons (Fsp3) is 0.286. The zero-order valence-corrected chi connectivity index (χ0v) is 14.9. The van der Waals surface area contributed by atoms with Crippen molar-refractivity contribution >= 4 is 16.9 Å². The number of amides is 1. The summed E-state index contributed by atoms with van der Waals surface area (Å²) < 4.78 is 5.80. The van der Waals surface area contributed by atoms with E-state index in [0.29, 0.717) is 30.8 Å². The first-order valence-corrected chi connectivity index (χ1v) is 9.15. The van der Waals surface area contributed by atoms with Crippen LogP contribution in [0.15, 0.2) is 53.3 Å². The van der Waals surface area contributed by atoms with Gasteiger partial charge in [0.1, 0.15) is 11.8 Å². The molecule has 6 heteroatoms. The van der Waals surface area contributed by atoms with Crippen LogP contribution in [0, 0.1) is 0 Å². The predicted molar refractivity (Wildman–Crippen MR) is 103 cm³/mol. The van der Waals surface area contributed by atoms with Crippen molar-refractivity contribution in [3.05, 3.63) is 75.7 Å². The molecule has 138 valence electrons. The molecule has 0 aliphatic carbocycles. The highest BCUT2D eigenvalue weighted by Gasteiger charge is 2.20. The van der Waals surface area contributed by atoms with Gasteiger partial charge in [0.2, 0.25) is 5.91 Å². The number of hydrogen-bond donors (Lipinski definition) is 2. The summed E-state index contributed by atoms with van der Waals surface area (Å²) >= 11 is 0. The van der Waals surface area contributed by atoms with Crippen molar-refractivity contribution in [3.63, 3.8) is 0 Å². The molecule has 4 rings (SSSR count). The predicted octanol–water partition coefficient (Wildman–Crippen LogP) is 2.29. The van der Waals surface area contributed by atoms with E-state index in [1.54, 1.807) is 0 Å². The summed E-state index contributed by atoms with van der Waals surface area (Å²) in [6.45, 7) is 1.09. The summed E-state index contributed by atoms with van der Waals surface area (Å²) in [5, 5.41) is 2.92. The number of benzene rings is 2. The van der Waals surface area contributed by atoms with Crippen LogP contribution in [0.4, 0.5) is 0 Å². The van der Waals surface area contributed by atoms with Gasteiger partial charge in [0.15, 0.2) is 0 Å². The Bertz CT molecular complexity index is 1030. The number of aromatic nitrogens is 2. The Hall–Kier alpha value is -2.99. The minimum atomic E-state index is -0.244. The smallest absolute Gasteiger partial charge is 0.270 e. The van der Waals surface area contributed by atoms with E-state index in [-0.39, 0.29) is 24.0 Å². The SMILES string of the molecule is O=C(CCc1nc2ccccc2[nH]c1=O)NCC1OCCc2ccccc21. The van der Waals surface area contributed by atoms with Crippen LogP contribution in [0.2, 0.25) is 0 Å². The van der Waals surface area contributed by atoms with Gasteiger partial charge < -0.3 is 15.0 Å². The normalized spacial score (nSPS) is 16.1. The van der Waals surface area contributed by atoms with Gasteiger partial charge in [-0.2, -0.15) is 0 Å². The second-order valence-electron chi connectivity index (χ2n) is 6.64. The Balaban J connectivity index is 1.36. The number of H-pyrrole nitrogens is 1. The first-order valence-electron chi connectivity index (χ1n) is 9.15. The molecule has 2 aromatic carbocycles. The topological polar surface area (TPSA) is 84.1 Å². The molecule has 27 heavy (non-hydrogen) atoms. The molecule has 1 atom stereocenters. The van der Waals surface area contributed by atoms with E-state index in [1.165, 1.54) is 5.56 Å². The number of hydrogen-bond acceptors (Lipinski definition) is 4. The Kier molecular flexibility index (Phi) is 4.98. The minimum absolute atomic E-state index is 0.115. The number of carbonyl (C=O) groups excluding carboxylic acids is 1. The van der Waals surface area contributed by atoms with E-state index in [1.807, 2.05) is 42.5 Å². The standard InChI is InChI=1S/C21H21N3O3/c25-20(22-13-19-15-6-2-1-5-14(15)11-12-27-19)10-9-18-21(26)24-17-8-4-3-7-16(17)23-18/h1-8,19H,9-13H2,(H,22,25)(H,24,26). The Morgan fingerprint density at radius 3 is 2.93 bits per heavy atom. The fourth-order valence-corrected chi connectivity index (χ4v) is 3.41. The van der Waals surface area contributed by atoms with Crippen LogP contribution in [0.5, 0.6) is 0 Å². The lowest BCUT2D eigenvalue weighted by molar-refractivity contribution is -0.121. The molecule has 0 radical (unpaired) electrons. The van der Waals surface area contributed by atoms with Crippen LogP contribution < -0.4 is 10.9 Å². The van der Waals surface area contributed by atoms with Gasteiger partial charge in [-0.15, -0.1) is 0 Å². The summed E-state index contributed by atoms with van der Waals surface area (Å²) in [5.41, 5.74) is 3.96. The number of aryl methyl sites for hydroxylation is 1. The lowest BCUT2D eigenvalue weighted by Gasteiger charge is -2.26. The highest BCUT2D eigenvalue weighted by molar-refractivity contribution is 5.76. The third-order valence-electron chi connectivity index (χ3n) is 4.84. The molecule has 1 aliphatic rings. The Labute approximate surface area is 156 Å². The average molecular weight is 363 g/mol. The van der Waals surface area contributed by atoms with E-state index in [9.17, 15) is 9.59 Å². The molecule has 2 heterocycles. The van der Waals surface area contributed by atoms with Gasteiger partial charge in [-0.1, -0.05) is 36.4 Å². The number of aromatic amines is 1. The van der Waals surface area contributed by atoms with Gasteiger partial charge in [0.05, 0.1) is 17.6 Å². The number of rotatable bonds is 5. The molecule has 1 aromatic heterocycles. The maximum Gasteiger partial charge on any atom is 0.270 e. The minimum Gasteiger partial charge on any atom is -0.371 e. The third-order valence-corrected chi connectivity index (χ3v) is 4.84. The first-order chi connectivity index (χ1) is 13.2. The van der Waals surface area contributed by atoms with Gasteiger partial charge in [0, 0.05) is 19.4 Å². The largest absolute Gasteiger partial charge is 0.371 e. The highest BCUT2D eigenvalue weighted by Crippen LogP contribution is 2.26. The molecule has 0 spiro atoms. The summed E-state index contributed by atoms with van der Waals surface area (Å²) in [6.07, 6.45) is 1.29. The number of carbonyl (C=O) groups is 1. The third kappa shape index (κ3) is 3.90. The van der Waals surface area contributed by atoms with E-state index >= 15 is 0 Å². The molecule has 0 saturated carbocycles. The number of ether oxygens (including phenoxy) is 1. The van der Waals surface area contributed by atoms with Gasteiger partial charge in [-0.3, -0.25) is 9.59 Å². The van der Waals surface area contributed by atoms with Crippen LogP contribution in [-0.4, -0.2) is 29.0 Å². The van der Waals surface area contributed by atoms with Crippen LogP contribution in [0.3, 0.4) is 0 Å². The van der Waals surface area contributed by atoms with Crippen molar-refractivity contribution in [2.24, 2.45) is 0 Å². The second-order valence-corrected chi connectivity index (χ2v) is 6.64. The van der Waals surface area contributed by atoms with Gasteiger partial charge in [-0.25, -0.2) is 4.98 Å². The van der Waals surface area contributed by atoms with Crippen LogP contribution in [-0.2, 0) is 22.4 Å². The maximum absolute atomic E-state index is 12.2. The molecule has 0 bridgehead atoms. The molecular formula is C21H21N3O3. The molecule has 3 aromatic rings. The highest BCUT2D eigenvalue weighted by atomic mass is 16.5. The summed E-state index contributed by atoms with van der Waals surface area (Å²) in [7, 11) is 0. The summed E-state index contributed by atoms with van der Waals surface area (Å²) in [4.78, 5) is 31.5. The summed E-state index contributed by atoms with van der Waals surface area (Å²) in [6, 6.07) is 15.5. The molecule has 1 aliphatic heterocycles. The number of nitrogens with zero attached hydrogens (tertiary/aromatic N) is 1. The molecule has 1 unspecified atom stereocenters. The molecule has 0 saturated heterocycles. The second kappa shape index (κ2) is 7.72. The van der Waals surface area contributed by atoms with Gasteiger partial charge >= 0.3 is 0 Å². The average Bonchev–Trinajstić information content (AvgIpc) is 2.70. The van der Waals surface area contributed by atoms with Gasteiger partial charge in [0.25, 0.3) is 5.56 Å². The molecule has 0 fully saturated rings. The monoisotopic (exact) mass is 363 g/mol.